The predicted octanol–water partition coefficient (Wildman–Crippen LogP) is 14.5. The van der Waals surface area contributed by atoms with E-state index >= 15 is 14.4 Å². The zero-order valence-electron chi connectivity index (χ0n) is 43.7. The van der Waals surface area contributed by atoms with Crippen molar-refractivity contribution in [3.63, 3.8) is 0 Å². The third-order valence-corrected chi connectivity index (χ3v) is 19.5. The van der Waals surface area contributed by atoms with Gasteiger partial charge in [-0.1, -0.05) is 0 Å². The summed E-state index contributed by atoms with van der Waals surface area (Å²) in [6.07, 6.45) is 0.366. The third-order valence-electron chi connectivity index (χ3n) is 15.6. The molecule has 11 aromatic carbocycles. The molecule has 386 valence electrons. The van der Waals surface area contributed by atoms with Gasteiger partial charge < -0.3 is 0 Å². The molecule has 0 saturated carbocycles. The maximum absolute atomic E-state index is 17.3. The van der Waals surface area contributed by atoms with Crippen LogP contribution in [0.4, 0.5) is 0 Å². The van der Waals surface area contributed by atoms with Crippen molar-refractivity contribution in [3.8, 4) is 11.1 Å². The summed E-state index contributed by atoms with van der Waals surface area (Å²) in [4.78, 5) is 51.9. The normalized spacial score (nSPS) is 12.1. The SMILES string of the molecule is O=C([O][Ti]([O]C(=O)C(c1ccccc1)(c1ccccc1)c1ccccc1)([O]C(=O)C(c1ccccc1)(c1ccccc1)c1ccccc1)[c]1cccc2c1Cc1ccccc1-2)C(c1ccccc1)(c1ccccc1)c1ccccc1. The van der Waals surface area contributed by atoms with E-state index in [-0.39, 0.29) is 0 Å². The fourth-order valence-electron chi connectivity index (χ4n) is 12.0. The van der Waals surface area contributed by atoms with Crippen molar-refractivity contribution in [2.75, 3.05) is 0 Å². The summed E-state index contributed by atoms with van der Waals surface area (Å²) in [5.41, 5.74) is 3.62. The molecule has 0 spiro atoms. The maximum atomic E-state index is 17.3. The van der Waals surface area contributed by atoms with Gasteiger partial charge in [0.2, 0.25) is 0 Å². The van der Waals surface area contributed by atoms with Crippen LogP contribution in [0.1, 0.15) is 61.2 Å². The molecule has 0 amide bonds. The molecule has 0 bridgehead atoms. The van der Waals surface area contributed by atoms with Crippen LogP contribution in [0.2, 0.25) is 0 Å². The number of rotatable bonds is 16. The van der Waals surface area contributed by atoms with E-state index in [0.717, 1.165) is 22.3 Å². The second kappa shape index (κ2) is 22.1. The summed E-state index contributed by atoms with van der Waals surface area (Å²) in [5, 5.41) is 0. The van der Waals surface area contributed by atoms with Gasteiger partial charge in [0.25, 0.3) is 0 Å². The molecule has 1 aliphatic rings. The van der Waals surface area contributed by atoms with E-state index in [1.807, 2.05) is 303 Å². The fourth-order valence-corrected chi connectivity index (χ4v) is 16.0. The number of carbonyl (C=O) groups is 3. The standard InChI is InChI=1S/3C20H16O2.C13H9.Ti/c3*21-19(22)20(16-10-4-1-5-11-16,17-12-6-2-7-13-17)18-14-8-3-9-15-18;1-3-7-12-10(5-1)9-11-6-2-4-8-13(11)12;/h3*1-15H,(H,21,22);1-5,7-8H,9H2;/q;;;;+3/p-3. The quantitative estimate of drug-likeness (QED) is 0.0709. The average molecular weight is 1080 g/mol. The molecule has 11 aromatic rings. The molecule has 0 unspecified atom stereocenters. The van der Waals surface area contributed by atoms with Gasteiger partial charge >= 0.3 is 474 Å². The molecule has 80 heavy (non-hydrogen) atoms. The summed E-state index contributed by atoms with van der Waals surface area (Å²) in [6, 6.07) is 99.3. The Bertz CT molecular complexity index is 3300. The van der Waals surface area contributed by atoms with Gasteiger partial charge in [0.15, 0.2) is 0 Å². The van der Waals surface area contributed by atoms with Gasteiger partial charge in [-0.05, 0) is 0 Å². The zero-order chi connectivity index (χ0) is 54.4. The van der Waals surface area contributed by atoms with Gasteiger partial charge in [-0.2, -0.15) is 0 Å². The molecule has 6 nitrogen and oxygen atoms in total. The van der Waals surface area contributed by atoms with Crippen LogP contribution in [0.15, 0.2) is 315 Å². The number of hydrogen-bond donors (Lipinski definition) is 0. The Labute approximate surface area is 471 Å². The van der Waals surface area contributed by atoms with Crippen LogP contribution >= 0.6 is 0 Å². The van der Waals surface area contributed by atoms with Crippen molar-refractivity contribution >= 4 is 21.8 Å². The monoisotopic (exact) mass is 1070 g/mol. The van der Waals surface area contributed by atoms with Crippen molar-refractivity contribution in [3.05, 3.63) is 377 Å². The van der Waals surface area contributed by atoms with Gasteiger partial charge in [0.1, 0.15) is 0 Å². The summed E-state index contributed by atoms with van der Waals surface area (Å²) < 4.78 is 23.4. The van der Waals surface area contributed by atoms with Crippen molar-refractivity contribution in [1.29, 1.82) is 0 Å². The Morgan fingerprint density at radius 3 is 0.750 bits per heavy atom. The van der Waals surface area contributed by atoms with Gasteiger partial charge in [0.05, 0.1) is 0 Å². The Morgan fingerprint density at radius 1 is 0.263 bits per heavy atom. The molecule has 7 heteroatoms. The molecule has 12 rings (SSSR count). The minimum absolute atomic E-state index is 0.336. The molecule has 0 aliphatic heterocycles. The van der Waals surface area contributed by atoms with Crippen LogP contribution in [0.25, 0.3) is 11.1 Å². The van der Waals surface area contributed by atoms with Crippen LogP contribution < -0.4 is 3.87 Å². The van der Waals surface area contributed by atoms with E-state index in [1.165, 1.54) is 0 Å². The topological polar surface area (TPSA) is 78.9 Å². The van der Waals surface area contributed by atoms with E-state index in [1.54, 1.807) is 0 Å². The minimum atomic E-state index is -6.55. The van der Waals surface area contributed by atoms with Crippen LogP contribution in [-0.4, -0.2) is 17.9 Å². The molecule has 0 heterocycles. The van der Waals surface area contributed by atoms with Crippen molar-refractivity contribution in [2.45, 2.75) is 22.7 Å². The molecule has 0 N–H and O–H groups in total. The van der Waals surface area contributed by atoms with E-state index < -0.39 is 51.9 Å². The van der Waals surface area contributed by atoms with Crippen LogP contribution in [-0.2, 0) is 64.8 Å². The van der Waals surface area contributed by atoms with E-state index in [4.69, 9.17) is 9.96 Å². The summed E-state index contributed by atoms with van der Waals surface area (Å²) in [6.45, 7) is 0. The van der Waals surface area contributed by atoms with E-state index in [9.17, 15) is 0 Å². The van der Waals surface area contributed by atoms with Crippen molar-refractivity contribution in [2.24, 2.45) is 0 Å². The van der Waals surface area contributed by atoms with E-state index in [2.05, 4.69) is 12.1 Å². The van der Waals surface area contributed by atoms with Crippen molar-refractivity contribution < 1.29 is 42.1 Å². The molecular formula is C73H54O6Ti. The summed E-state index contributed by atoms with van der Waals surface area (Å²) in [7, 11) is 0. The van der Waals surface area contributed by atoms with Crippen molar-refractivity contribution in [1.82, 2.24) is 0 Å². The zero-order valence-corrected chi connectivity index (χ0v) is 45.2. The first-order chi connectivity index (χ1) is 39.4. The molecule has 1 aliphatic carbocycles. The first kappa shape index (κ1) is 51.3. The average Bonchev–Trinajstić information content (AvgIpc) is 3.98. The van der Waals surface area contributed by atoms with Crippen LogP contribution in [0, 0.1) is 0 Å². The summed E-state index contributed by atoms with van der Waals surface area (Å²) >= 11 is -6.55. The summed E-state index contributed by atoms with van der Waals surface area (Å²) in [5.74, 6) is -2.40. The van der Waals surface area contributed by atoms with Gasteiger partial charge in [-0.25, -0.2) is 0 Å². The van der Waals surface area contributed by atoms with Gasteiger partial charge in [-0.3, -0.25) is 0 Å². The molecular weight excluding hydrogens is 1020 g/mol. The third kappa shape index (κ3) is 8.80. The Hall–Kier alpha value is -9.46. The number of benzene rings is 11. The number of carbonyl (C=O) groups excluding carboxylic acids is 3. The molecule has 0 atom stereocenters. The first-order valence-electron chi connectivity index (χ1n) is 26.8. The van der Waals surface area contributed by atoms with Gasteiger partial charge in [-0.15, -0.1) is 0 Å². The first-order valence-corrected chi connectivity index (χ1v) is 29.5. The Kier molecular flexibility index (Phi) is 14.2. The number of hydrogen-bond acceptors (Lipinski definition) is 6. The predicted molar refractivity (Wildman–Crippen MR) is 310 cm³/mol. The van der Waals surface area contributed by atoms with Gasteiger partial charge in [0, 0.05) is 0 Å². The molecule has 0 radical (unpaired) electrons. The molecule has 0 fully saturated rings. The fraction of sp³-hybridized carbons (Fsp3) is 0.0548. The second-order valence-corrected chi connectivity index (χ2v) is 23.5. The molecule has 0 saturated heterocycles. The Balaban J connectivity index is 1.21. The number of fused-ring (bicyclic) bond motifs is 3. The van der Waals surface area contributed by atoms with Crippen LogP contribution in [0.5, 0.6) is 0 Å². The van der Waals surface area contributed by atoms with Crippen LogP contribution in [0.3, 0.4) is 0 Å². The van der Waals surface area contributed by atoms with E-state index in [0.29, 0.717) is 60.4 Å². The Morgan fingerprint density at radius 2 is 0.487 bits per heavy atom. The second-order valence-electron chi connectivity index (χ2n) is 19.9. The molecule has 0 aromatic heterocycles.